The quantitative estimate of drug-likeness (QED) is 0.731. The Morgan fingerprint density at radius 2 is 2.27 bits per heavy atom. The standard InChI is InChI=1S/C12H17ClN2/c1-9-5-11(6-13)7-14-12(9)15(2)8-10-3-4-10/h5,7,10H,3-4,6,8H2,1-2H3. The molecule has 0 aliphatic heterocycles. The largest absolute Gasteiger partial charge is 0.359 e. The van der Waals surface area contributed by atoms with E-state index in [1.807, 2.05) is 6.20 Å². The average Bonchev–Trinajstić information content (AvgIpc) is 3.01. The molecule has 0 amide bonds. The van der Waals surface area contributed by atoms with E-state index in [1.54, 1.807) is 0 Å². The summed E-state index contributed by atoms with van der Waals surface area (Å²) < 4.78 is 0. The van der Waals surface area contributed by atoms with E-state index in [4.69, 9.17) is 11.6 Å². The second-order valence-electron chi connectivity index (χ2n) is 4.44. The van der Waals surface area contributed by atoms with Crippen LogP contribution in [0.5, 0.6) is 0 Å². The molecule has 82 valence electrons. The maximum absolute atomic E-state index is 5.77. The van der Waals surface area contributed by atoms with Gasteiger partial charge in [-0.3, -0.25) is 0 Å². The molecule has 1 saturated carbocycles. The summed E-state index contributed by atoms with van der Waals surface area (Å²) in [6.45, 7) is 3.23. The predicted octanol–water partition coefficient (Wildman–Crippen LogP) is 2.98. The van der Waals surface area contributed by atoms with Gasteiger partial charge in [0.15, 0.2) is 0 Å². The Morgan fingerprint density at radius 3 is 2.80 bits per heavy atom. The van der Waals surface area contributed by atoms with Gasteiger partial charge in [0.25, 0.3) is 0 Å². The van der Waals surface area contributed by atoms with Gasteiger partial charge in [0.2, 0.25) is 0 Å². The van der Waals surface area contributed by atoms with E-state index in [0.29, 0.717) is 5.88 Å². The minimum absolute atomic E-state index is 0.542. The van der Waals surface area contributed by atoms with E-state index in [9.17, 15) is 0 Å². The van der Waals surface area contributed by atoms with Crippen LogP contribution in [0, 0.1) is 12.8 Å². The number of pyridine rings is 1. The van der Waals surface area contributed by atoms with Gasteiger partial charge in [0, 0.05) is 25.7 Å². The highest BCUT2D eigenvalue weighted by Gasteiger charge is 2.23. The lowest BCUT2D eigenvalue weighted by Crippen LogP contribution is -2.22. The number of rotatable bonds is 4. The van der Waals surface area contributed by atoms with Gasteiger partial charge in [-0.1, -0.05) is 0 Å². The molecular weight excluding hydrogens is 208 g/mol. The summed E-state index contributed by atoms with van der Waals surface area (Å²) in [6.07, 6.45) is 4.63. The molecule has 1 heterocycles. The number of hydrogen-bond donors (Lipinski definition) is 0. The number of halogens is 1. The summed E-state index contributed by atoms with van der Waals surface area (Å²) in [7, 11) is 2.12. The van der Waals surface area contributed by atoms with E-state index in [2.05, 4.69) is 29.9 Å². The lowest BCUT2D eigenvalue weighted by atomic mass is 10.2. The van der Waals surface area contributed by atoms with E-state index < -0.39 is 0 Å². The van der Waals surface area contributed by atoms with E-state index >= 15 is 0 Å². The number of nitrogens with zero attached hydrogens (tertiary/aromatic N) is 2. The van der Waals surface area contributed by atoms with Crippen molar-refractivity contribution in [3.63, 3.8) is 0 Å². The van der Waals surface area contributed by atoms with Gasteiger partial charge in [-0.2, -0.15) is 0 Å². The summed E-state index contributed by atoms with van der Waals surface area (Å²) >= 11 is 5.77. The van der Waals surface area contributed by atoms with Crippen molar-refractivity contribution in [3.05, 3.63) is 23.4 Å². The normalized spacial score (nSPS) is 15.4. The second kappa shape index (κ2) is 4.40. The molecule has 1 aromatic heterocycles. The van der Waals surface area contributed by atoms with Crippen LogP contribution in [-0.4, -0.2) is 18.6 Å². The van der Waals surface area contributed by atoms with Gasteiger partial charge in [0.05, 0.1) is 0 Å². The minimum Gasteiger partial charge on any atom is -0.359 e. The van der Waals surface area contributed by atoms with E-state index in [0.717, 1.165) is 23.8 Å². The fraction of sp³-hybridized carbons (Fsp3) is 0.583. The Hall–Kier alpha value is -0.760. The number of aryl methyl sites for hydroxylation is 1. The monoisotopic (exact) mass is 224 g/mol. The topological polar surface area (TPSA) is 16.1 Å². The molecule has 0 radical (unpaired) electrons. The third kappa shape index (κ3) is 2.63. The van der Waals surface area contributed by atoms with Gasteiger partial charge in [0.1, 0.15) is 5.82 Å². The fourth-order valence-electron chi connectivity index (χ4n) is 1.87. The fourth-order valence-corrected chi connectivity index (χ4v) is 2.02. The van der Waals surface area contributed by atoms with Crippen molar-refractivity contribution in [2.24, 2.45) is 5.92 Å². The first-order chi connectivity index (χ1) is 7.20. The molecule has 1 fully saturated rings. The van der Waals surface area contributed by atoms with Crippen LogP contribution < -0.4 is 4.90 Å². The molecule has 0 saturated heterocycles. The lowest BCUT2D eigenvalue weighted by Gasteiger charge is -2.20. The Bertz CT molecular complexity index is 347. The third-order valence-electron chi connectivity index (χ3n) is 2.85. The van der Waals surface area contributed by atoms with Crippen LogP contribution in [-0.2, 0) is 5.88 Å². The third-order valence-corrected chi connectivity index (χ3v) is 3.16. The maximum Gasteiger partial charge on any atom is 0.131 e. The van der Waals surface area contributed by atoms with Crippen molar-refractivity contribution < 1.29 is 0 Å². The number of hydrogen-bond acceptors (Lipinski definition) is 2. The van der Waals surface area contributed by atoms with Crippen LogP contribution >= 0.6 is 11.6 Å². The average molecular weight is 225 g/mol. The molecule has 3 heteroatoms. The molecule has 2 rings (SSSR count). The molecule has 0 bridgehead atoms. The highest BCUT2D eigenvalue weighted by atomic mass is 35.5. The zero-order valence-corrected chi connectivity index (χ0v) is 10.1. The number of anilines is 1. The summed E-state index contributed by atoms with van der Waals surface area (Å²) in [5.41, 5.74) is 2.31. The van der Waals surface area contributed by atoms with Crippen molar-refractivity contribution in [1.29, 1.82) is 0 Å². The van der Waals surface area contributed by atoms with Crippen molar-refractivity contribution in [3.8, 4) is 0 Å². The van der Waals surface area contributed by atoms with Crippen molar-refractivity contribution in [2.45, 2.75) is 25.6 Å². The highest BCUT2D eigenvalue weighted by Crippen LogP contribution is 2.31. The second-order valence-corrected chi connectivity index (χ2v) is 4.71. The van der Waals surface area contributed by atoms with Crippen LogP contribution in [0.1, 0.15) is 24.0 Å². The molecule has 15 heavy (non-hydrogen) atoms. The molecule has 1 aliphatic carbocycles. The number of alkyl halides is 1. The Balaban J connectivity index is 2.11. The minimum atomic E-state index is 0.542. The first-order valence-electron chi connectivity index (χ1n) is 5.43. The zero-order chi connectivity index (χ0) is 10.8. The van der Waals surface area contributed by atoms with Gasteiger partial charge >= 0.3 is 0 Å². The van der Waals surface area contributed by atoms with Crippen molar-refractivity contribution >= 4 is 17.4 Å². The Labute approximate surface area is 96.3 Å². The van der Waals surface area contributed by atoms with Gasteiger partial charge < -0.3 is 4.90 Å². The maximum atomic E-state index is 5.77. The molecule has 0 N–H and O–H groups in total. The van der Waals surface area contributed by atoms with Crippen LogP contribution in [0.25, 0.3) is 0 Å². The van der Waals surface area contributed by atoms with Crippen LogP contribution in [0.2, 0.25) is 0 Å². The van der Waals surface area contributed by atoms with Crippen molar-refractivity contribution in [2.75, 3.05) is 18.5 Å². The van der Waals surface area contributed by atoms with Crippen LogP contribution in [0.4, 0.5) is 5.82 Å². The molecule has 0 aromatic carbocycles. The molecule has 2 nitrogen and oxygen atoms in total. The molecule has 1 aromatic rings. The molecule has 0 unspecified atom stereocenters. The summed E-state index contributed by atoms with van der Waals surface area (Å²) in [5, 5.41) is 0. The van der Waals surface area contributed by atoms with Crippen molar-refractivity contribution in [1.82, 2.24) is 4.98 Å². The Morgan fingerprint density at radius 1 is 1.53 bits per heavy atom. The highest BCUT2D eigenvalue weighted by molar-refractivity contribution is 6.17. The first-order valence-corrected chi connectivity index (χ1v) is 5.96. The molecule has 0 spiro atoms. The molecule has 1 aliphatic rings. The van der Waals surface area contributed by atoms with E-state index in [1.165, 1.54) is 18.4 Å². The molecule has 0 atom stereocenters. The first kappa shape index (κ1) is 10.7. The molecular formula is C12H17ClN2. The van der Waals surface area contributed by atoms with Gasteiger partial charge in [-0.15, -0.1) is 11.6 Å². The lowest BCUT2D eigenvalue weighted by molar-refractivity contribution is 0.774. The summed E-state index contributed by atoms with van der Waals surface area (Å²) in [4.78, 5) is 6.73. The van der Waals surface area contributed by atoms with Gasteiger partial charge in [-0.25, -0.2) is 4.98 Å². The van der Waals surface area contributed by atoms with Crippen LogP contribution in [0.15, 0.2) is 12.3 Å². The zero-order valence-electron chi connectivity index (χ0n) is 9.33. The predicted molar refractivity (Wildman–Crippen MR) is 64.5 cm³/mol. The van der Waals surface area contributed by atoms with Gasteiger partial charge in [-0.05, 0) is 42.9 Å². The SMILES string of the molecule is Cc1cc(CCl)cnc1N(C)CC1CC1. The smallest absolute Gasteiger partial charge is 0.131 e. The summed E-state index contributed by atoms with van der Waals surface area (Å²) in [5.74, 6) is 2.53. The Kier molecular flexibility index (Phi) is 3.15. The van der Waals surface area contributed by atoms with E-state index in [-0.39, 0.29) is 0 Å². The number of aromatic nitrogens is 1. The summed E-state index contributed by atoms with van der Waals surface area (Å²) in [6, 6.07) is 2.12. The van der Waals surface area contributed by atoms with Crippen LogP contribution in [0.3, 0.4) is 0 Å².